The lowest BCUT2D eigenvalue weighted by molar-refractivity contribution is -0.148. The van der Waals surface area contributed by atoms with Gasteiger partial charge in [0.05, 0.1) is 35.0 Å². The Balaban J connectivity index is 1.56. The number of nitrogens with zero attached hydrogens (tertiary/aromatic N) is 2. The fourth-order valence-electron chi connectivity index (χ4n) is 3.13. The van der Waals surface area contributed by atoms with Gasteiger partial charge in [-0.05, 0) is 30.5 Å². The minimum absolute atomic E-state index is 0.109. The van der Waals surface area contributed by atoms with Crippen LogP contribution in [-0.2, 0) is 30.9 Å². The van der Waals surface area contributed by atoms with E-state index in [2.05, 4.69) is 9.97 Å². The van der Waals surface area contributed by atoms with Crippen LogP contribution in [0.2, 0.25) is 0 Å². The molecule has 168 valence electrons. The van der Waals surface area contributed by atoms with Gasteiger partial charge in [0.25, 0.3) is 10.0 Å². The highest BCUT2D eigenvalue weighted by molar-refractivity contribution is 7.94. The van der Waals surface area contributed by atoms with Gasteiger partial charge in [-0.15, -0.1) is 22.7 Å². The Kier molecular flexibility index (Phi) is 6.60. The van der Waals surface area contributed by atoms with Crippen molar-refractivity contribution in [2.45, 2.75) is 17.7 Å². The number of thiophene rings is 1. The Bertz CT molecular complexity index is 1330. The molecule has 3 aromatic heterocycles. The summed E-state index contributed by atoms with van der Waals surface area (Å²) in [5, 5.41) is 3.36. The highest BCUT2D eigenvalue weighted by Crippen LogP contribution is 2.34. The summed E-state index contributed by atoms with van der Waals surface area (Å²) >= 11 is 2.62. The van der Waals surface area contributed by atoms with Gasteiger partial charge in [0.2, 0.25) is 0 Å². The Labute approximate surface area is 193 Å². The highest BCUT2D eigenvalue weighted by atomic mass is 32.2. The van der Waals surface area contributed by atoms with Gasteiger partial charge >= 0.3 is 5.97 Å². The van der Waals surface area contributed by atoms with Crippen molar-refractivity contribution in [3.63, 3.8) is 0 Å². The van der Waals surface area contributed by atoms with E-state index in [1.807, 2.05) is 18.2 Å². The van der Waals surface area contributed by atoms with Crippen LogP contribution in [0.4, 0.5) is 5.69 Å². The average molecular weight is 492 g/mol. The molecule has 0 saturated carbocycles. The molecule has 0 unspecified atom stereocenters. The van der Waals surface area contributed by atoms with Gasteiger partial charge in [-0.3, -0.25) is 4.31 Å². The van der Waals surface area contributed by atoms with Crippen molar-refractivity contribution >= 4 is 55.3 Å². The van der Waals surface area contributed by atoms with E-state index in [1.165, 1.54) is 27.0 Å². The predicted molar refractivity (Wildman–Crippen MR) is 126 cm³/mol. The van der Waals surface area contributed by atoms with E-state index in [0.29, 0.717) is 17.8 Å². The van der Waals surface area contributed by atoms with Crippen molar-refractivity contribution in [1.29, 1.82) is 0 Å². The smallest absolute Gasteiger partial charge is 0.332 e. The standard InChI is InChI=1S/C21H21N3O5S3/c1-3-29-18(25)13-28-12-15-11-22-21(31-15)16-10-14-6-4-7-17(20(14)23-16)24(2)32(26,27)19-8-5-9-30-19/h4-11,23H,3,12-13H2,1-2H3. The van der Waals surface area contributed by atoms with Crippen LogP contribution in [0.15, 0.2) is 52.2 Å². The van der Waals surface area contributed by atoms with Crippen molar-refractivity contribution in [2.24, 2.45) is 0 Å². The van der Waals surface area contributed by atoms with Crippen LogP contribution in [0.5, 0.6) is 0 Å². The fourth-order valence-corrected chi connectivity index (χ4v) is 6.32. The number of aromatic nitrogens is 2. The molecule has 0 amide bonds. The highest BCUT2D eigenvalue weighted by Gasteiger charge is 2.24. The molecule has 4 aromatic rings. The van der Waals surface area contributed by atoms with Crippen LogP contribution >= 0.6 is 22.7 Å². The van der Waals surface area contributed by atoms with E-state index in [-0.39, 0.29) is 17.4 Å². The number of para-hydroxylation sites is 1. The molecular weight excluding hydrogens is 470 g/mol. The lowest BCUT2D eigenvalue weighted by Crippen LogP contribution is -2.26. The summed E-state index contributed by atoms with van der Waals surface area (Å²) in [4.78, 5) is 20.0. The summed E-state index contributed by atoms with van der Waals surface area (Å²) in [5.74, 6) is -0.401. The van der Waals surface area contributed by atoms with Gasteiger partial charge in [0.1, 0.15) is 15.8 Å². The molecule has 3 heterocycles. The molecule has 0 saturated heterocycles. The van der Waals surface area contributed by atoms with E-state index < -0.39 is 16.0 Å². The van der Waals surface area contributed by atoms with E-state index in [1.54, 1.807) is 43.7 Å². The summed E-state index contributed by atoms with van der Waals surface area (Å²) < 4.78 is 37.7. The van der Waals surface area contributed by atoms with Gasteiger partial charge in [0.15, 0.2) is 0 Å². The second-order valence-electron chi connectivity index (χ2n) is 6.76. The normalized spacial score (nSPS) is 11.7. The second kappa shape index (κ2) is 9.41. The van der Waals surface area contributed by atoms with Crippen LogP contribution in [0.25, 0.3) is 21.6 Å². The summed E-state index contributed by atoms with van der Waals surface area (Å²) in [5.41, 5.74) is 2.04. The molecule has 0 aliphatic rings. The third kappa shape index (κ3) is 4.56. The summed E-state index contributed by atoms with van der Waals surface area (Å²) in [6.45, 7) is 2.21. The summed E-state index contributed by atoms with van der Waals surface area (Å²) in [7, 11) is -2.10. The maximum absolute atomic E-state index is 13.0. The zero-order valence-corrected chi connectivity index (χ0v) is 19.9. The monoisotopic (exact) mass is 491 g/mol. The quantitative estimate of drug-likeness (QED) is 0.351. The maximum Gasteiger partial charge on any atom is 0.332 e. The molecule has 0 atom stereocenters. The van der Waals surface area contributed by atoms with Crippen LogP contribution in [0.1, 0.15) is 11.8 Å². The first-order valence-electron chi connectivity index (χ1n) is 9.72. The van der Waals surface area contributed by atoms with E-state index >= 15 is 0 Å². The number of benzene rings is 1. The molecule has 32 heavy (non-hydrogen) atoms. The largest absolute Gasteiger partial charge is 0.464 e. The van der Waals surface area contributed by atoms with E-state index in [9.17, 15) is 13.2 Å². The topological polar surface area (TPSA) is 102 Å². The first-order chi connectivity index (χ1) is 15.4. The zero-order valence-electron chi connectivity index (χ0n) is 17.4. The number of carbonyl (C=O) groups is 1. The maximum atomic E-state index is 13.0. The Hall–Kier alpha value is -2.73. The lowest BCUT2D eigenvalue weighted by atomic mass is 10.2. The minimum Gasteiger partial charge on any atom is -0.464 e. The molecule has 0 aliphatic heterocycles. The van der Waals surface area contributed by atoms with Gasteiger partial charge in [-0.2, -0.15) is 0 Å². The van der Waals surface area contributed by atoms with Gasteiger partial charge < -0.3 is 14.5 Å². The first kappa shape index (κ1) is 22.5. The number of rotatable bonds is 9. The van der Waals surface area contributed by atoms with Crippen molar-refractivity contribution in [2.75, 3.05) is 24.6 Å². The number of esters is 1. The van der Waals surface area contributed by atoms with Crippen molar-refractivity contribution in [3.8, 4) is 10.7 Å². The van der Waals surface area contributed by atoms with Gasteiger partial charge in [0, 0.05) is 18.6 Å². The molecular formula is C21H21N3O5S3. The number of H-pyrrole nitrogens is 1. The van der Waals surface area contributed by atoms with Gasteiger partial charge in [-0.1, -0.05) is 18.2 Å². The average Bonchev–Trinajstić information content (AvgIpc) is 3.53. The summed E-state index contributed by atoms with van der Waals surface area (Å²) in [6.07, 6.45) is 1.70. The van der Waals surface area contributed by atoms with Crippen molar-refractivity contribution in [3.05, 3.63) is 52.9 Å². The number of hydrogen-bond acceptors (Lipinski definition) is 8. The molecule has 0 spiro atoms. The Morgan fingerprint density at radius 3 is 2.84 bits per heavy atom. The number of hydrogen-bond donors (Lipinski definition) is 1. The number of sulfonamides is 1. The van der Waals surface area contributed by atoms with Crippen LogP contribution in [-0.4, -0.2) is 44.6 Å². The van der Waals surface area contributed by atoms with Crippen LogP contribution in [0, 0.1) is 0 Å². The molecule has 0 aliphatic carbocycles. The van der Waals surface area contributed by atoms with E-state index in [4.69, 9.17) is 9.47 Å². The number of anilines is 1. The molecule has 0 fully saturated rings. The number of nitrogens with one attached hydrogen (secondary N) is 1. The SMILES string of the molecule is CCOC(=O)COCc1cnc(-c2cc3cccc(N(C)S(=O)(=O)c4cccs4)c3[nH]2)s1. The van der Waals surface area contributed by atoms with E-state index in [0.717, 1.165) is 21.0 Å². The third-order valence-electron chi connectivity index (χ3n) is 4.64. The van der Waals surface area contributed by atoms with Gasteiger partial charge in [-0.25, -0.2) is 18.2 Å². The second-order valence-corrected chi connectivity index (χ2v) is 11.0. The Morgan fingerprint density at radius 2 is 2.09 bits per heavy atom. The number of carbonyl (C=O) groups excluding carboxylic acids is 1. The van der Waals surface area contributed by atoms with Crippen molar-refractivity contribution < 1.29 is 22.7 Å². The molecule has 1 N–H and O–H groups in total. The number of aromatic amines is 1. The molecule has 4 rings (SSSR count). The lowest BCUT2D eigenvalue weighted by Gasteiger charge is -2.19. The molecule has 1 aromatic carbocycles. The fraction of sp³-hybridized carbons (Fsp3) is 0.238. The van der Waals surface area contributed by atoms with Crippen molar-refractivity contribution in [1.82, 2.24) is 9.97 Å². The predicted octanol–water partition coefficient (Wildman–Crippen LogP) is 4.26. The number of thiazole rings is 1. The minimum atomic E-state index is -3.65. The molecule has 0 radical (unpaired) electrons. The number of ether oxygens (including phenoxy) is 2. The summed E-state index contributed by atoms with van der Waals surface area (Å²) in [6, 6.07) is 10.8. The zero-order chi connectivity index (χ0) is 22.7. The molecule has 8 nitrogen and oxygen atoms in total. The first-order valence-corrected chi connectivity index (χ1v) is 12.9. The molecule has 11 heteroatoms. The van der Waals surface area contributed by atoms with Crippen LogP contribution in [0.3, 0.4) is 0 Å². The van der Waals surface area contributed by atoms with Crippen LogP contribution < -0.4 is 4.31 Å². The Morgan fingerprint density at radius 1 is 1.25 bits per heavy atom. The third-order valence-corrected chi connectivity index (χ3v) is 8.79. The number of fused-ring (bicyclic) bond motifs is 1. The molecule has 0 bridgehead atoms.